The van der Waals surface area contributed by atoms with Crippen LogP contribution in [0.3, 0.4) is 0 Å². The first kappa shape index (κ1) is 16.6. The van der Waals surface area contributed by atoms with E-state index in [9.17, 15) is 9.59 Å². The van der Waals surface area contributed by atoms with Crippen molar-refractivity contribution in [3.63, 3.8) is 0 Å². The van der Waals surface area contributed by atoms with Gasteiger partial charge in [-0.2, -0.15) is 0 Å². The second-order valence-electron chi connectivity index (χ2n) is 3.98. The highest BCUT2D eigenvalue weighted by Crippen LogP contribution is 2.35. The molecule has 2 aliphatic rings. The van der Waals surface area contributed by atoms with Crippen molar-refractivity contribution in [2.24, 2.45) is 0 Å². The molecule has 0 unspecified atom stereocenters. The summed E-state index contributed by atoms with van der Waals surface area (Å²) in [5.74, 6) is 0.143. The minimum Gasteiger partial charge on any atom is -0.288 e. The molecule has 2 aliphatic carbocycles. The Hall–Kier alpha value is 0.200. The maximum absolute atomic E-state index is 11.9. The first-order valence-electron chi connectivity index (χ1n) is 5.57. The monoisotopic (exact) mass is 528 g/mol. The highest BCUT2D eigenvalue weighted by molar-refractivity contribution is 14.1. The molecule has 0 heterocycles. The molecule has 0 radical (unpaired) electrons. The van der Waals surface area contributed by atoms with Crippen LogP contribution >= 0.6 is 68.7 Å². The first-order chi connectivity index (χ1) is 9.47. The Labute approximate surface area is 153 Å². The van der Waals surface area contributed by atoms with Gasteiger partial charge in [-0.25, -0.2) is 0 Å². The second-order valence-corrected chi connectivity index (χ2v) is 8.00. The first-order valence-corrected chi connectivity index (χ1v) is 10.2. The Morgan fingerprint density at radius 2 is 1.10 bits per heavy atom. The number of carbonyl (C=O) groups excluding carboxylic acids is 2. The molecule has 0 fully saturated rings. The van der Waals surface area contributed by atoms with Crippen molar-refractivity contribution in [1.29, 1.82) is 0 Å². The predicted molar refractivity (Wildman–Crippen MR) is 104 cm³/mol. The van der Waals surface area contributed by atoms with E-state index in [2.05, 4.69) is 45.2 Å². The fourth-order valence-electron chi connectivity index (χ4n) is 1.77. The Balaban J connectivity index is 2.58. The van der Waals surface area contributed by atoms with Crippen molar-refractivity contribution < 1.29 is 9.59 Å². The van der Waals surface area contributed by atoms with Crippen LogP contribution in [0.5, 0.6) is 0 Å². The van der Waals surface area contributed by atoms with Gasteiger partial charge in [-0.05, 0) is 93.1 Å². The molecule has 2 nitrogen and oxygen atoms in total. The summed E-state index contributed by atoms with van der Waals surface area (Å²) in [6.45, 7) is 0. The van der Waals surface area contributed by atoms with Crippen LogP contribution in [0.1, 0.15) is 0 Å². The zero-order valence-electron chi connectivity index (χ0n) is 10.7. The number of thioether (sulfide) groups is 2. The van der Waals surface area contributed by atoms with Crippen molar-refractivity contribution in [3.8, 4) is 0 Å². The lowest BCUT2D eigenvalue weighted by molar-refractivity contribution is -0.111. The van der Waals surface area contributed by atoms with Crippen LogP contribution in [0.4, 0.5) is 0 Å². The number of allylic oxidation sites excluding steroid dienone is 10. The smallest absolute Gasteiger partial charge is 0.205 e. The maximum Gasteiger partial charge on any atom is 0.205 e. The molecule has 0 aromatic rings. The summed E-state index contributed by atoms with van der Waals surface area (Å²) >= 11 is 7.03. The number of ketones is 2. The molecule has 0 aromatic carbocycles. The standard InChI is InChI=1S/C14H10I2O2S2/c1-19-11-5-7(3-9(15)13(11)17)8-4-10(16)14(18)12(6-8)20-2/h3-6H,1-2H3/b8-7+. The van der Waals surface area contributed by atoms with Crippen LogP contribution in [0.15, 0.2) is 52.4 Å². The van der Waals surface area contributed by atoms with E-state index in [1.165, 1.54) is 23.5 Å². The van der Waals surface area contributed by atoms with Crippen LogP contribution in [0.25, 0.3) is 0 Å². The van der Waals surface area contributed by atoms with Gasteiger partial charge in [-0.3, -0.25) is 9.59 Å². The summed E-state index contributed by atoms with van der Waals surface area (Å²) in [5, 5.41) is 0. The van der Waals surface area contributed by atoms with Gasteiger partial charge >= 0.3 is 0 Å². The van der Waals surface area contributed by atoms with Gasteiger partial charge in [-0.1, -0.05) is 0 Å². The Morgan fingerprint density at radius 3 is 1.40 bits per heavy atom. The Morgan fingerprint density at radius 1 is 0.750 bits per heavy atom. The maximum atomic E-state index is 11.9. The number of hydrogen-bond donors (Lipinski definition) is 0. The summed E-state index contributed by atoms with van der Waals surface area (Å²) in [7, 11) is 0. The Kier molecular flexibility index (Phi) is 5.78. The number of carbonyl (C=O) groups is 2. The summed E-state index contributed by atoms with van der Waals surface area (Å²) < 4.78 is 1.41. The van der Waals surface area contributed by atoms with Crippen LogP contribution in [-0.4, -0.2) is 24.1 Å². The van der Waals surface area contributed by atoms with Crippen molar-refractivity contribution >= 4 is 80.3 Å². The molecular formula is C14H10I2O2S2. The lowest BCUT2D eigenvalue weighted by Crippen LogP contribution is -2.08. The van der Waals surface area contributed by atoms with Gasteiger partial charge in [-0.15, -0.1) is 23.5 Å². The number of Topliss-reactive ketones (excluding diaryl/α,β-unsaturated/α-hetero) is 2. The Bertz CT molecular complexity index is 596. The van der Waals surface area contributed by atoms with Crippen LogP contribution in [0.2, 0.25) is 0 Å². The van der Waals surface area contributed by atoms with E-state index in [-0.39, 0.29) is 11.6 Å². The number of rotatable bonds is 2. The highest BCUT2D eigenvalue weighted by atomic mass is 127. The molecule has 0 aliphatic heterocycles. The van der Waals surface area contributed by atoms with Gasteiger partial charge in [0.1, 0.15) is 0 Å². The second kappa shape index (κ2) is 6.97. The third-order valence-corrected chi connectivity index (χ3v) is 5.88. The minimum absolute atomic E-state index is 0.0714. The van der Waals surface area contributed by atoms with E-state index >= 15 is 0 Å². The van der Waals surface area contributed by atoms with Crippen LogP contribution < -0.4 is 0 Å². The van der Waals surface area contributed by atoms with E-state index in [1.54, 1.807) is 0 Å². The molecule has 0 atom stereocenters. The topological polar surface area (TPSA) is 34.1 Å². The van der Waals surface area contributed by atoms with E-state index < -0.39 is 0 Å². The lowest BCUT2D eigenvalue weighted by Gasteiger charge is -2.15. The molecule has 0 bridgehead atoms. The lowest BCUT2D eigenvalue weighted by atomic mass is 9.98. The predicted octanol–water partition coefficient (Wildman–Crippen LogP) is 4.58. The van der Waals surface area contributed by atoms with Crippen molar-refractivity contribution in [2.45, 2.75) is 0 Å². The average Bonchev–Trinajstić information content (AvgIpc) is 2.44. The molecule has 6 heteroatoms. The zero-order valence-corrected chi connectivity index (χ0v) is 16.6. The SMILES string of the molecule is CSC1=C/C(=C2\C=C(I)C(=O)C(SC)=C2)C=C(I)C1=O. The average molecular weight is 528 g/mol. The molecule has 0 amide bonds. The molecule has 0 saturated heterocycles. The normalized spacial score (nSPS) is 23.2. The quantitative estimate of drug-likeness (QED) is 0.492. The van der Waals surface area contributed by atoms with E-state index in [1.807, 2.05) is 36.8 Å². The van der Waals surface area contributed by atoms with Crippen LogP contribution in [0, 0.1) is 0 Å². The zero-order chi connectivity index (χ0) is 14.9. The molecule has 2 rings (SSSR count). The summed E-state index contributed by atoms with van der Waals surface area (Å²) in [6, 6.07) is 0. The number of hydrogen-bond acceptors (Lipinski definition) is 4. The van der Waals surface area contributed by atoms with Crippen molar-refractivity contribution in [1.82, 2.24) is 0 Å². The fraction of sp³-hybridized carbons (Fsp3) is 0.143. The minimum atomic E-state index is 0.0714. The summed E-state index contributed by atoms with van der Waals surface area (Å²) in [6.07, 6.45) is 11.3. The van der Waals surface area contributed by atoms with Gasteiger partial charge < -0.3 is 0 Å². The third kappa shape index (κ3) is 3.33. The molecule has 0 aromatic heterocycles. The van der Waals surface area contributed by atoms with Crippen LogP contribution in [-0.2, 0) is 9.59 Å². The van der Waals surface area contributed by atoms with Crippen molar-refractivity contribution in [3.05, 3.63) is 52.4 Å². The van der Waals surface area contributed by atoms with E-state index in [4.69, 9.17) is 0 Å². The van der Waals surface area contributed by atoms with E-state index in [0.29, 0.717) is 7.16 Å². The largest absolute Gasteiger partial charge is 0.288 e. The van der Waals surface area contributed by atoms with E-state index in [0.717, 1.165) is 21.0 Å². The summed E-state index contributed by atoms with van der Waals surface area (Å²) in [4.78, 5) is 25.4. The fourth-order valence-corrected chi connectivity index (χ4v) is 4.47. The highest BCUT2D eigenvalue weighted by Gasteiger charge is 2.22. The molecule has 20 heavy (non-hydrogen) atoms. The molecule has 0 saturated carbocycles. The molecule has 0 N–H and O–H groups in total. The van der Waals surface area contributed by atoms with Gasteiger partial charge in [0.15, 0.2) is 0 Å². The van der Waals surface area contributed by atoms with Gasteiger partial charge in [0.2, 0.25) is 11.6 Å². The third-order valence-electron chi connectivity index (χ3n) is 2.79. The molecule has 0 spiro atoms. The summed E-state index contributed by atoms with van der Waals surface area (Å²) in [5.41, 5.74) is 1.96. The van der Waals surface area contributed by atoms with Gasteiger partial charge in [0, 0.05) is 0 Å². The van der Waals surface area contributed by atoms with Crippen molar-refractivity contribution in [2.75, 3.05) is 12.5 Å². The van der Waals surface area contributed by atoms with Gasteiger partial charge in [0.25, 0.3) is 0 Å². The molecule has 104 valence electrons. The molecular weight excluding hydrogens is 518 g/mol. The van der Waals surface area contributed by atoms with Gasteiger partial charge in [0.05, 0.1) is 17.0 Å². The number of halogens is 2.